The molecule has 0 heterocycles. The molecule has 0 radical (unpaired) electrons. The molecule has 0 atom stereocenters. The number of nitrogens with two attached hydrogens (primary N) is 1. The zero-order valence-corrected chi connectivity index (χ0v) is 12.3. The molecule has 0 aliphatic rings. The molecule has 0 amide bonds. The zero-order chi connectivity index (χ0) is 16.7. The average molecular weight is 303 g/mol. The first-order valence-corrected chi connectivity index (χ1v) is 6.43. The van der Waals surface area contributed by atoms with E-state index < -0.39 is 11.8 Å². The van der Waals surface area contributed by atoms with Crippen LogP contribution in [0.1, 0.15) is 24.2 Å². The number of hydrazone groups is 1. The highest BCUT2D eigenvalue weighted by atomic mass is 16.5. The van der Waals surface area contributed by atoms with Crippen molar-refractivity contribution in [2.24, 2.45) is 16.8 Å². The molecule has 0 spiro atoms. The smallest absolute Gasteiger partial charge is 0.335 e. The van der Waals surface area contributed by atoms with Gasteiger partial charge in [0.25, 0.3) is 0 Å². The molecule has 8 heteroatoms. The lowest BCUT2D eigenvalue weighted by Gasteiger charge is -2.13. The van der Waals surface area contributed by atoms with Gasteiger partial charge in [0.05, 0.1) is 17.9 Å². The van der Waals surface area contributed by atoms with E-state index in [0.29, 0.717) is 12.4 Å². The molecule has 5 N–H and O–H groups in total. The van der Waals surface area contributed by atoms with Crippen LogP contribution in [0.25, 0.3) is 0 Å². The van der Waals surface area contributed by atoms with E-state index in [2.05, 4.69) is 10.5 Å². The predicted octanol–water partition coefficient (Wildman–Crippen LogP) is 1.65. The van der Waals surface area contributed by atoms with Crippen molar-refractivity contribution >= 4 is 23.2 Å². The Labute approximate surface area is 127 Å². The van der Waals surface area contributed by atoms with Gasteiger partial charge in [0.15, 0.2) is 5.84 Å². The Hall–Kier alpha value is -3.08. The number of nitrogens with one attached hydrogen (secondary N) is 2. The third-order valence-corrected chi connectivity index (χ3v) is 2.45. The molecule has 0 aliphatic carbocycles. The van der Waals surface area contributed by atoms with Crippen LogP contribution in [0.15, 0.2) is 23.3 Å². The number of aromatic carboxylic acids is 1. The van der Waals surface area contributed by atoms with Gasteiger partial charge in [-0.15, -0.1) is 0 Å². The van der Waals surface area contributed by atoms with Crippen LogP contribution >= 0.6 is 0 Å². The number of amidine groups is 1. The average Bonchev–Trinajstić information content (AvgIpc) is 2.45. The number of nitrogens with zero attached hydrogens (tertiary/aromatic N) is 2. The predicted molar refractivity (Wildman–Crippen MR) is 82.3 cm³/mol. The zero-order valence-electron chi connectivity index (χ0n) is 12.3. The number of benzene rings is 1. The lowest BCUT2D eigenvalue weighted by atomic mass is 10.2. The summed E-state index contributed by atoms with van der Waals surface area (Å²) in [5.74, 6) is -0.922. The fourth-order valence-electron chi connectivity index (χ4n) is 1.39. The van der Waals surface area contributed by atoms with Crippen LogP contribution in [-0.4, -0.2) is 29.2 Å². The quantitative estimate of drug-likeness (QED) is 0.342. The number of carboxylic acid groups (broad SMARTS) is 1. The Bertz CT molecular complexity index is 646. The van der Waals surface area contributed by atoms with Gasteiger partial charge in [-0.1, -0.05) is 13.8 Å². The van der Waals surface area contributed by atoms with Crippen LogP contribution in [0.2, 0.25) is 0 Å². The van der Waals surface area contributed by atoms with E-state index in [1.165, 1.54) is 18.2 Å². The summed E-state index contributed by atoms with van der Waals surface area (Å²) in [4.78, 5) is 11.0. The van der Waals surface area contributed by atoms with Gasteiger partial charge in [-0.2, -0.15) is 10.4 Å². The largest absolute Gasteiger partial charge is 0.491 e. The van der Waals surface area contributed by atoms with Gasteiger partial charge >= 0.3 is 5.97 Å². The molecule has 0 bridgehead atoms. The maximum atomic E-state index is 11.0. The molecule has 0 aromatic heterocycles. The van der Waals surface area contributed by atoms with Crippen molar-refractivity contribution in [2.45, 2.75) is 13.8 Å². The Kier molecular flexibility index (Phi) is 5.89. The summed E-state index contributed by atoms with van der Waals surface area (Å²) in [6.45, 7) is 4.38. The summed E-state index contributed by atoms with van der Waals surface area (Å²) in [6, 6.07) is 5.90. The molecule has 0 saturated heterocycles. The number of carboxylic acids is 1. The van der Waals surface area contributed by atoms with Crippen molar-refractivity contribution in [3.05, 3.63) is 23.8 Å². The molecule has 0 saturated carbocycles. The number of rotatable bonds is 7. The van der Waals surface area contributed by atoms with Gasteiger partial charge in [-0.25, -0.2) is 4.79 Å². The van der Waals surface area contributed by atoms with E-state index in [-0.39, 0.29) is 22.9 Å². The van der Waals surface area contributed by atoms with Crippen molar-refractivity contribution in [1.82, 2.24) is 0 Å². The fraction of sp³-hybridized carbons (Fsp3) is 0.286. The highest BCUT2D eigenvalue weighted by Gasteiger charge is 2.11. The van der Waals surface area contributed by atoms with Crippen LogP contribution in [0.5, 0.6) is 5.75 Å². The summed E-state index contributed by atoms with van der Waals surface area (Å²) >= 11 is 0. The lowest BCUT2D eigenvalue weighted by Crippen LogP contribution is -2.22. The van der Waals surface area contributed by atoms with Gasteiger partial charge in [0, 0.05) is 0 Å². The Morgan fingerprint density at radius 1 is 1.59 bits per heavy atom. The summed E-state index contributed by atoms with van der Waals surface area (Å²) in [6.07, 6.45) is 0. The summed E-state index contributed by atoms with van der Waals surface area (Å²) < 4.78 is 5.57. The number of anilines is 1. The first-order chi connectivity index (χ1) is 10.3. The summed E-state index contributed by atoms with van der Waals surface area (Å²) in [5.41, 5.74) is 7.71. The molecule has 22 heavy (non-hydrogen) atoms. The minimum Gasteiger partial charge on any atom is -0.491 e. The second-order valence-corrected chi connectivity index (χ2v) is 4.82. The topological polar surface area (TPSA) is 145 Å². The number of carbonyl (C=O) groups is 1. The van der Waals surface area contributed by atoms with Crippen LogP contribution in [-0.2, 0) is 0 Å². The molecule has 1 rings (SSSR count). The van der Waals surface area contributed by atoms with Gasteiger partial charge in [0.2, 0.25) is 5.71 Å². The maximum absolute atomic E-state index is 11.0. The van der Waals surface area contributed by atoms with E-state index in [1.807, 2.05) is 13.8 Å². The van der Waals surface area contributed by atoms with Crippen molar-refractivity contribution < 1.29 is 14.6 Å². The number of ether oxygens (including phenoxy) is 1. The molecule has 1 aromatic rings. The minimum atomic E-state index is -1.10. The van der Waals surface area contributed by atoms with Crippen molar-refractivity contribution in [3.8, 4) is 11.8 Å². The summed E-state index contributed by atoms with van der Waals surface area (Å²) in [5, 5.41) is 28.7. The van der Waals surface area contributed by atoms with Crippen molar-refractivity contribution in [1.29, 1.82) is 10.7 Å². The van der Waals surface area contributed by atoms with Crippen LogP contribution in [0, 0.1) is 22.7 Å². The molecule has 116 valence electrons. The maximum Gasteiger partial charge on any atom is 0.335 e. The van der Waals surface area contributed by atoms with E-state index in [0.717, 1.165) is 0 Å². The Balaban J connectivity index is 3.11. The Morgan fingerprint density at radius 3 is 2.77 bits per heavy atom. The number of hydrogen-bond donors (Lipinski definition) is 4. The standard InChI is InChI=1S/C14H17N5O3/c1-8(2)7-22-12-4-3-9(14(20)21)5-10(12)18-19-11(6-15)13(16)17/h3-5,8,18H,7H2,1-2H3,(H3,16,17)(H,20,21)/b19-11+. The van der Waals surface area contributed by atoms with Crippen LogP contribution in [0.3, 0.4) is 0 Å². The van der Waals surface area contributed by atoms with Crippen LogP contribution < -0.4 is 15.9 Å². The third kappa shape index (κ3) is 4.79. The van der Waals surface area contributed by atoms with Crippen LogP contribution in [0.4, 0.5) is 5.69 Å². The normalized spacial score (nSPS) is 10.9. The van der Waals surface area contributed by atoms with Gasteiger partial charge in [-0.3, -0.25) is 10.8 Å². The van der Waals surface area contributed by atoms with E-state index in [1.54, 1.807) is 6.07 Å². The van der Waals surface area contributed by atoms with E-state index in [4.69, 9.17) is 26.2 Å². The highest BCUT2D eigenvalue weighted by Crippen LogP contribution is 2.26. The van der Waals surface area contributed by atoms with Gasteiger partial charge in [0.1, 0.15) is 11.8 Å². The fourth-order valence-corrected chi connectivity index (χ4v) is 1.39. The SMILES string of the molecule is CC(C)COc1ccc(C(=O)O)cc1N/N=C(\C#N)C(=N)N. The molecule has 0 fully saturated rings. The molecule has 0 aliphatic heterocycles. The Morgan fingerprint density at radius 2 is 2.27 bits per heavy atom. The molecular weight excluding hydrogens is 286 g/mol. The lowest BCUT2D eigenvalue weighted by molar-refractivity contribution is 0.0697. The monoisotopic (exact) mass is 303 g/mol. The van der Waals surface area contributed by atoms with Gasteiger partial charge < -0.3 is 15.6 Å². The third-order valence-electron chi connectivity index (χ3n) is 2.45. The molecular formula is C14H17N5O3. The molecule has 8 nitrogen and oxygen atoms in total. The van der Waals surface area contributed by atoms with Crippen molar-refractivity contribution in [2.75, 3.05) is 12.0 Å². The highest BCUT2D eigenvalue weighted by molar-refractivity contribution is 6.45. The van der Waals surface area contributed by atoms with E-state index >= 15 is 0 Å². The first-order valence-electron chi connectivity index (χ1n) is 6.43. The first kappa shape index (κ1) is 17.0. The molecule has 1 aromatic carbocycles. The number of hydrogen-bond acceptors (Lipinski definition) is 6. The second kappa shape index (κ2) is 7.64. The molecule has 0 unspecified atom stereocenters. The minimum absolute atomic E-state index is 0.0379. The van der Waals surface area contributed by atoms with Gasteiger partial charge in [-0.05, 0) is 24.1 Å². The van der Waals surface area contributed by atoms with Crippen molar-refractivity contribution in [3.63, 3.8) is 0 Å². The number of nitriles is 1. The second-order valence-electron chi connectivity index (χ2n) is 4.82. The summed E-state index contributed by atoms with van der Waals surface area (Å²) in [7, 11) is 0. The van der Waals surface area contributed by atoms with E-state index in [9.17, 15) is 4.79 Å².